The van der Waals surface area contributed by atoms with Crippen molar-refractivity contribution in [2.24, 2.45) is 0 Å². The zero-order valence-electron chi connectivity index (χ0n) is 13.1. The molecule has 0 saturated carbocycles. The van der Waals surface area contributed by atoms with Gasteiger partial charge in [-0.2, -0.15) is 4.98 Å². The summed E-state index contributed by atoms with van der Waals surface area (Å²) in [4.78, 5) is 15.9. The number of hydrogen-bond donors (Lipinski definition) is 0. The van der Waals surface area contributed by atoms with E-state index < -0.39 is 6.10 Å². The van der Waals surface area contributed by atoms with E-state index in [0.29, 0.717) is 31.2 Å². The van der Waals surface area contributed by atoms with E-state index in [-0.39, 0.29) is 12.6 Å². The van der Waals surface area contributed by atoms with Crippen LogP contribution in [-0.2, 0) is 20.7 Å². The van der Waals surface area contributed by atoms with Gasteiger partial charge in [-0.3, -0.25) is 0 Å². The summed E-state index contributed by atoms with van der Waals surface area (Å²) < 4.78 is 15.5. The molecule has 0 aliphatic rings. The summed E-state index contributed by atoms with van der Waals surface area (Å²) in [7, 11) is 0. The van der Waals surface area contributed by atoms with E-state index >= 15 is 0 Å². The number of carbonyl (C=O) groups is 1. The van der Waals surface area contributed by atoms with E-state index in [0.717, 1.165) is 5.56 Å². The number of rotatable bonds is 9. The van der Waals surface area contributed by atoms with E-state index in [1.54, 1.807) is 13.0 Å². The van der Waals surface area contributed by atoms with E-state index in [1.807, 2.05) is 30.3 Å². The van der Waals surface area contributed by atoms with Crippen LogP contribution in [-0.4, -0.2) is 35.4 Å². The van der Waals surface area contributed by atoms with Crippen LogP contribution in [0.4, 0.5) is 0 Å². The van der Waals surface area contributed by atoms with Crippen molar-refractivity contribution in [3.8, 4) is 11.4 Å². The minimum absolute atomic E-state index is 0.281. The molecule has 2 rings (SSSR count). The Labute approximate surface area is 135 Å². The first-order chi connectivity index (χ1) is 11.2. The van der Waals surface area contributed by atoms with Gasteiger partial charge in [-0.1, -0.05) is 41.6 Å². The van der Waals surface area contributed by atoms with Gasteiger partial charge in [-0.05, 0) is 13.3 Å². The smallest absolute Gasteiger partial charge is 0.334 e. The highest BCUT2D eigenvalue weighted by Crippen LogP contribution is 2.15. The molecule has 0 N–H and O–H groups in total. The first-order valence-corrected chi connectivity index (χ1v) is 7.48. The third kappa shape index (κ3) is 5.34. The second-order valence-corrected chi connectivity index (χ2v) is 4.91. The molecule has 1 aromatic carbocycles. The van der Waals surface area contributed by atoms with Crippen LogP contribution < -0.4 is 0 Å². The maximum absolute atomic E-state index is 11.6. The average molecular weight is 316 g/mol. The standard InChI is InChI=1S/C17H20N2O4/c1-3-11-21-13(2)17(20)22-12-7-10-15-18-16(19-23-15)14-8-5-4-6-9-14/h3-6,8-9,13H,1,7,10-12H2,2H3. The zero-order valence-corrected chi connectivity index (χ0v) is 13.1. The van der Waals surface area contributed by atoms with E-state index in [9.17, 15) is 4.79 Å². The molecule has 0 bridgehead atoms. The third-order valence-corrected chi connectivity index (χ3v) is 3.08. The van der Waals surface area contributed by atoms with Crippen molar-refractivity contribution in [3.05, 3.63) is 48.9 Å². The fourth-order valence-corrected chi connectivity index (χ4v) is 1.85. The molecule has 1 unspecified atom stereocenters. The summed E-state index contributed by atoms with van der Waals surface area (Å²) in [5.74, 6) is 0.697. The molecule has 2 aromatic rings. The molecule has 23 heavy (non-hydrogen) atoms. The zero-order chi connectivity index (χ0) is 16.5. The Balaban J connectivity index is 1.72. The SMILES string of the molecule is C=CCOC(C)C(=O)OCCCc1nc(-c2ccccc2)no1. The molecule has 0 spiro atoms. The van der Waals surface area contributed by atoms with Crippen molar-refractivity contribution in [1.29, 1.82) is 0 Å². The summed E-state index contributed by atoms with van der Waals surface area (Å²) in [5, 5.41) is 3.94. The predicted molar refractivity (Wildman–Crippen MR) is 84.6 cm³/mol. The average Bonchev–Trinajstić information content (AvgIpc) is 3.06. The molecule has 6 nitrogen and oxygen atoms in total. The number of nitrogens with zero attached hydrogens (tertiary/aromatic N) is 2. The number of esters is 1. The van der Waals surface area contributed by atoms with Crippen molar-refractivity contribution in [2.45, 2.75) is 25.9 Å². The molecule has 0 aliphatic carbocycles. The minimum Gasteiger partial charge on any atom is -0.464 e. The Hall–Kier alpha value is -2.47. The molecule has 0 aliphatic heterocycles. The van der Waals surface area contributed by atoms with Crippen molar-refractivity contribution in [2.75, 3.05) is 13.2 Å². The summed E-state index contributed by atoms with van der Waals surface area (Å²) in [5.41, 5.74) is 0.905. The largest absolute Gasteiger partial charge is 0.464 e. The van der Waals surface area contributed by atoms with Gasteiger partial charge in [-0.25, -0.2) is 4.79 Å². The van der Waals surface area contributed by atoms with Gasteiger partial charge >= 0.3 is 5.97 Å². The van der Waals surface area contributed by atoms with Crippen LogP contribution in [0.15, 0.2) is 47.5 Å². The van der Waals surface area contributed by atoms with Gasteiger partial charge in [0.05, 0.1) is 13.2 Å². The lowest BCUT2D eigenvalue weighted by molar-refractivity contribution is -0.155. The molecule has 1 atom stereocenters. The molecule has 122 valence electrons. The lowest BCUT2D eigenvalue weighted by Gasteiger charge is -2.10. The Morgan fingerprint density at radius 3 is 2.91 bits per heavy atom. The van der Waals surface area contributed by atoms with Gasteiger partial charge in [0.25, 0.3) is 0 Å². The Morgan fingerprint density at radius 2 is 2.17 bits per heavy atom. The normalized spacial score (nSPS) is 11.9. The Bertz CT molecular complexity index is 625. The summed E-state index contributed by atoms with van der Waals surface area (Å²) in [6.45, 7) is 5.77. The van der Waals surface area contributed by atoms with Gasteiger partial charge in [0, 0.05) is 12.0 Å². The van der Waals surface area contributed by atoms with E-state index in [4.69, 9.17) is 14.0 Å². The van der Waals surface area contributed by atoms with Crippen molar-refractivity contribution >= 4 is 5.97 Å². The first-order valence-electron chi connectivity index (χ1n) is 7.48. The Kier molecular flexibility index (Phi) is 6.50. The molecule has 0 amide bonds. The van der Waals surface area contributed by atoms with Gasteiger partial charge in [0.15, 0.2) is 6.10 Å². The van der Waals surface area contributed by atoms with Crippen molar-refractivity contribution in [3.63, 3.8) is 0 Å². The fraction of sp³-hybridized carbons (Fsp3) is 0.353. The van der Waals surface area contributed by atoms with Gasteiger partial charge in [0.1, 0.15) is 0 Å². The van der Waals surface area contributed by atoms with Gasteiger partial charge < -0.3 is 14.0 Å². The van der Waals surface area contributed by atoms with E-state index in [1.165, 1.54) is 0 Å². The summed E-state index contributed by atoms with van der Waals surface area (Å²) in [6, 6.07) is 9.60. The molecular formula is C17H20N2O4. The lowest BCUT2D eigenvalue weighted by atomic mass is 10.2. The second-order valence-electron chi connectivity index (χ2n) is 4.91. The highest BCUT2D eigenvalue weighted by Gasteiger charge is 2.14. The molecule has 0 fully saturated rings. The van der Waals surface area contributed by atoms with Crippen LogP contribution in [0.1, 0.15) is 19.2 Å². The number of aromatic nitrogens is 2. The predicted octanol–water partition coefficient (Wildman–Crippen LogP) is 2.80. The number of benzene rings is 1. The molecule has 1 heterocycles. The number of aryl methyl sites for hydroxylation is 1. The summed E-state index contributed by atoms with van der Waals surface area (Å²) in [6.07, 6.45) is 2.15. The van der Waals surface area contributed by atoms with Crippen LogP contribution in [0.5, 0.6) is 0 Å². The van der Waals surface area contributed by atoms with Crippen LogP contribution in [0.2, 0.25) is 0 Å². The molecule has 0 saturated heterocycles. The second kappa shape index (κ2) is 8.85. The number of hydrogen-bond acceptors (Lipinski definition) is 6. The highest BCUT2D eigenvalue weighted by molar-refractivity contribution is 5.74. The first kappa shape index (κ1) is 16.9. The Morgan fingerprint density at radius 1 is 1.39 bits per heavy atom. The van der Waals surface area contributed by atoms with Crippen LogP contribution >= 0.6 is 0 Å². The lowest BCUT2D eigenvalue weighted by Crippen LogP contribution is -2.23. The van der Waals surface area contributed by atoms with Crippen molar-refractivity contribution < 1.29 is 18.8 Å². The molecule has 1 aromatic heterocycles. The van der Waals surface area contributed by atoms with Gasteiger partial charge in [-0.15, -0.1) is 6.58 Å². The molecular weight excluding hydrogens is 296 g/mol. The van der Waals surface area contributed by atoms with Crippen molar-refractivity contribution in [1.82, 2.24) is 10.1 Å². The minimum atomic E-state index is -0.596. The molecule has 6 heteroatoms. The highest BCUT2D eigenvalue weighted by atomic mass is 16.6. The van der Waals surface area contributed by atoms with E-state index in [2.05, 4.69) is 16.7 Å². The maximum Gasteiger partial charge on any atom is 0.334 e. The number of carbonyl (C=O) groups excluding carboxylic acids is 1. The van der Waals surface area contributed by atoms with Crippen LogP contribution in [0.25, 0.3) is 11.4 Å². The molecule has 0 radical (unpaired) electrons. The third-order valence-electron chi connectivity index (χ3n) is 3.08. The number of ether oxygens (including phenoxy) is 2. The van der Waals surface area contributed by atoms with Gasteiger partial charge in [0.2, 0.25) is 11.7 Å². The van der Waals surface area contributed by atoms with Crippen LogP contribution in [0, 0.1) is 0 Å². The maximum atomic E-state index is 11.6. The summed E-state index contributed by atoms with van der Waals surface area (Å²) >= 11 is 0. The monoisotopic (exact) mass is 316 g/mol. The fourth-order valence-electron chi connectivity index (χ4n) is 1.85. The topological polar surface area (TPSA) is 74.5 Å². The van der Waals surface area contributed by atoms with Crippen LogP contribution in [0.3, 0.4) is 0 Å². The quantitative estimate of drug-likeness (QED) is 0.402.